The summed E-state index contributed by atoms with van der Waals surface area (Å²) in [5.41, 5.74) is -0.644. The number of hydrogen-bond donors (Lipinski definition) is 2. The van der Waals surface area contributed by atoms with Gasteiger partial charge in [0.1, 0.15) is 6.33 Å². The van der Waals surface area contributed by atoms with Crippen LogP contribution >= 0.6 is 0 Å². The van der Waals surface area contributed by atoms with Crippen molar-refractivity contribution in [1.29, 1.82) is 0 Å². The maximum Gasteiger partial charge on any atom is 0.331 e. The van der Waals surface area contributed by atoms with Gasteiger partial charge in [0.2, 0.25) is 0 Å². The molecule has 1 heterocycles. The second kappa shape index (κ2) is 6.31. The lowest BCUT2D eigenvalue weighted by atomic mass is 10.0. The summed E-state index contributed by atoms with van der Waals surface area (Å²) < 4.78 is 6.25. The van der Waals surface area contributed by atoms with Gasteiger partial charge >= 0.3 is 5.97 Å². The van der Waals surface area contributed by atoms with Crippen LogP contribution < -0.4 is 5.32 Å². The molecule has 1 aromatic carbocycles. The predicted molar refractivity (Wildman–Crippen MR) is 74.5 cm³/mol. The number of hydrogen-bond acceptors (Lipinski definition) is 6. The molecule has 0 radical (unpaired) electrons. The molecular formula is C13H15N5O4. The van der Waals surface area contributed by atoms with Gasteiger partial charge in [-0.3, -0.25) is 4.79 Å². The summed E-state index contributed by atoms with van der Waals surface area (Å²) in [7, 11) is 1.37. The maximum absolute atomic E-state index is 12.3. The number of methoxy groups -OCH3 is 1. The van der Waals surface area contributed by atoms with E-state index in [0.29, 0.717) is 5.69 Å². The number of aromatic nitrogens is 4. The van der Waals surface area contributed by atoms with E-state index in [-0.39, 0.29) is 12.2 Å². The Hall–Kier alpha value is -2.81. The Morgan fingerprint density at radius 2 is 2.23 bits per heavy atom. The first kappa shape index (κ1) is 15.6. The average molecular weight is 305 g/mol. The van der Waals surface area contributed by atoms with Crippen LogP contribution in [0.4, 0.5) is 0 Å². The van der Waals surface area contributed by atoms with E-state index in [1.165, 1.54) is 25.0 Å². The highest BCUT2D eigenvalue weighted by molar-refractivity contribution is 5.98. The molecule has 1 aromatic heterocycles. The van der Waals surface area contributed by atoms with Gasteiger partial charge in [0.05, 0.1) is 12.3 Å². The molecule has 0 aliphatic rings. The quantitative estimate of drug-likeness (QED) is 0.763. The molecule has 22 heavy (non-hydrogen) atoms. The third kappa shape index (κ3) is 3.26. The van der Waals surface area contributed by atoms with Crippen LogP contribution in [0.25, 0.3) is 5.69 Å². The number of aliphatic carboxylic acids is 1. The highest BCUT2D eigenvalue weighted by Gasteiger charge is 2.35. The lowest BCUT2D eigenvalue weighted by Gasteiger charge is -2.25. The summed E-state index contributed by atoms with van der Waals surface area (Å²) in [6, 6.07) is 6.50. The molecule has 0 saturated carbocycles. The van der Waals surface area contributed by atoms with E-state index in [9.17, 15) is 14.7 Å². The Bertz CT molecular complexity index is 673. The second-order valence-corrected chi connectivity index (χ2v) is 4.83. The molecule has 0 fully saturated rings. The van der Waals surface area contributed by atoms with E-state index >= 15 is 0 Å². The molecule has 9 nitrogen and oxygen atoms in total. The minimum atomic E-state index is -1.52. The minimum Gasteiger partial charge on any atom is -0.479 e. The number of carboxylic acids is 1. The molecule has 0 bridgehead atoms. The summed E-state index contributed by atoms with van der Waals surface area (Å²) >= 11 is 0. The van der Waals surface area contributed by atoms with Gasteiger partial charge < -0.3 is 15.2 Å². The molecule has 116 valence electrons. The average Bonchev–Trinajstić information content (AvgIpc) is 3.01. The number of nitrogens with zero attached hydrogens (tertiary/aromatic N) is 4. The van der Waals surface area contributed by atoms with E-state index in [1.54, 1.807) is 24.3 Å². The topological polar surface area (TPSA) is 119 Å². The summed E-state index contributed by atoms with van der Waals surface area (Å²) in [5, 5.41) is 22.5. The van der Waals surface area contributed by atoms with Crippen molar-refractivity contribution in [1.82, 2.24) is 25.5 Å². The molecule has 1 atom stereocenters. The molecule has 2 N–H and O–H groups in total. The third-order valence-corrected chi connectivity index (χ3v) is 3.02. The van der Waals surface area contributed by atoms with Crippen LogP contribution in [-0.4, -0.2) is 56.4 Å². The molecule has 2 rings (SSSR count). The van der Waals surface area contributed by atoms with Crippen LogP contribution in [0, 0.1) is 0 Å². The molecule has 2 aromatic rings. The Morgan fingerprint density at radius 3 is 2.82 bits per heavy atom. The maximum atomic E-state index is 12.3. The van der Waals surface area contributed by atoms with Crippen molar-refractivity contribution in [2.24, 2.45) is 0 Å². The van der Waals surface area contributed by atoms with Crippen LogP contribution in [0.5, 0.6) is 0 Å². The molecule has 1 unspecified atom stereocenters. The largest absolute Gasteiger partial charge is 0.479 e. The van der Waals surface area contributed by atoms with E-state index < -0.39 is 17.4 Å². The monoisotopic (exact) mass is 305 g/mol. The number of carbonyl (C=O) groups excluding carboxylic acids is 1. The lowest BCUT2D eigenvalue weighted by molar-refractivity contribution is -0.145. The number of amides is 1. The van der Waals surface area contributed by atoms with E-state index in [1.807, 2.05) is 0 Å². The fraction of sp³-hybridized carbons (Fsp3) is 0.308. The fourth-order valence-corrected chi connectivity index (χ4v) is 1.83. The minimum absolute atomic E-state index is 0.152. The van der Waals surface area contributed by atoms with Crippen LogP contribution in [0.3, 0.4) is 0 Å². The van der Waals surface area contributed by atoms with Gasteiger partial charge in [0, 0.05) is 12.7 Å². The highest BCUT2D eigenvalue weighted by atomic mass is 16.5. The summed E-state index contributed by atoms with van der Waals surface area (Å²) in [5.74, 6) is -1.71. The molecule has 0 aliphatic carbocycles. The number of ether oxygens (including phenoxy) is 1. The Morgan fingerprint density at radius 1 is 1.45 bits per heavy atom. The number of tetrazole rings is 1. The first-order chi connectivity index (χ1) is 10.5. The SMILES string of the molecule is COCC(C)(NC(=O)c1cccc(-n2cnnn2)c1)C(=O)O. The molecule has 9 heteroatoms. The Balaban J connectivity index is 2.23. The fourth-order valence-electron chi connectivity index (χ4n) is 1.83. The normalized spacial score (nSPS) is 13.4. The molecule has 0 spiro atoms. The molecule has 0 saturated heterocycles. The van der Waals surface area contributed by atoms with Crippen LogP contribution in [0.1, 0.15) is 17.3 Å². The standard InChI is InChI=1S/C13H15N5O4/c1-13(7-22-2,12(20)21)15-11(19)9-4-3-5-10(6-9)18-8-14-16-17-18/h3-6,8H,7H2,1-2H3,(H,15,19)(H,20,21). The Kier molecular flexibility index (Phi) is 4.47. The van der Waals surface area contributed by atoms with Gasteiger partial charge in [-0.25, -0.2) is 9.48 Å². The smallest absolute Gasteiger partial charge is 0.331 e. The number of carboxylic acid groups (broad SMARTS) is 1. The lowest BCUT2D eigenvalue weighted by Crippen LogP contribution is -2.55. The van der Waals surface area contributed by atoms with E-state index in [2.05, 4.69) is 20.8 Å². The summed E-state index contributed by atoms with van der Waals surface area (Å²) in [6.45, 7) is 1.22. The summed E-state index contributed by atoms with van der Waals surface area (Å²) in [6.07, 6.45) is 1.39. The number of nitrogens with one attached hydrogen (secondary N) is 1. The van der Waals surface area contributed by atoms with Gasteiger partial charge in [-0.05, 0) is 35.5 Å². The van der Waals surface area contributed by atoms with Crippen LogP contribution in [0.2, 0.25) is 0 Å². The van der Waals surface area contributed by atoms with Crippen molar-refractivity contribution in [2.75, 3.05) is 13.7 Å². The van der Waals surface area contributed by atoms with Gasteiger partial charge in [0.25, 0.3) is 5.91 Å². The number of rotatable bonds is 6. The number of carbonyl (C=O) groups is 2. The van der Waals surface area contributed by atoms with Crippen molar-refractivity contribution in [3.63, 3.8) is 0 Å². The number of benzene rings is 1. The zero-order valence-corrected chi connectivity index (χ0v) is 12.1. The van der Waals surface area contributed by atoms with E-state index in [0.717, 1.165) is 0 Å². The summed E-state index contributed by atoms with van der Waals surface area (Å²) in [4.78, 5) is 23.6. The van der Waals surface area contributed by atoms with Gasteiger partial charge in [-0.2, -0.15) is 0 Å². The zero-order valence-electron chi connectivity index (χ0n) is 12.1. The third-order valence-electron chi connectivity index (χ3n) is 3.02. The highest BCUT2D eigenvalue weighted by Crippen LogP contribution is 2.11. The van der Waals surface area contributed by atoms with Crippen molar-refractivity contribution < 1.29 is 19.4 Å². The first-order valence-corrected chi connectivity index (χ1v) is 6.34. The molecular weight excluding hydrogens is 290 g/mol. The molecule has 1 amide bonds. The van der Waals surface area contributed by atoms with Crippen molar-refractivity contribution in [3.05, 3.63) is 36.2 Å². The van der Waals surface area contributed by atoms with Crippen molar-refractivity contribution in [2.45, 2.75) is 12.5 Å². The second-order valence-electron chi connectivity index (χ2n) is 4.83. The van der Waals surface area contributed by atoms with Crippen molar-refractivity contribution in [3.8, 4) is 5.69 Å². The van der Waals surface area contributed by atoms with Gasteiger partial charge in [-0.15, -0.1) is 5.10 Å². The van der Waals surface area contributed by atoms with Gasteiger partial charge in [0.15, 0.2) is 5.54 Å². The van der Waals surface area contributed by atoms with E-state index in [4.69, 9.17) is 4.74 Å². The Labute approximate surface area is 125 Å². The molecule has 0 aliphatic heterocycles. The van der Waals surface area contributed by atoms with Crippen LogP contribution in [-0.2, 0) is 9.53 Å². The predicted octanol–water partition coefficient (Wildman–Crippen LogP) is -0.118. The van der Waals surface area contributed by atoms with Gasteiger partial charge in [-0.1, -0.05) is 6.07 Å². The zero-order chi connectivity index (χ0) is 16.2. The van der Waals surface area contributed by atoms with Crippen LogP contribution in [0.15, 0.2) is 30.6 Å². The van der Waals surface area contributed by atoms with Crippen molar-refractivity contribution >= 4 is 11.9 Å². The first-order valence-electron chi connectivity index (χ1n) is 6.34.